The third-order valence-electron chi connectivity index (χ3n) is 15.0. The van der Waals surface area contributed by atoms with Crippen LogP contribution in [-0.2, 0) is 0 Å². The van der Waals surface area contributed by atoms with Gasteiger partial charge in [0.05, 0.1) is 61.1 Å². The molecule has 12 aromatic heterocycles. The van der Waals surface area contributed by atoms with Gasteiger partial charge in [-0.2, -0.15) is 0 Å². The van der Waals surface area contributed by atoms with Crippen molar-refractivity contribution in [3.63, 3.8) is 0 Å². The van der Waals surface area contributed by atoms with Gasteiger partial charge in [-0.05, 0) is 84.9 Å². The van der Waals surface area contributed by atoms with E-state index in [0.717, 1.165) is 105 Å². The van der Waals surface area contributed by atoms with Crippen molar-refractivity contribution in [1.29, 1.82) is 0 Å². The van der Waals surface area contributed by atoms with Gasteiger partial charge in [0, 0.05) is 113 Å². The average Bonchev–Trinajstić information content (AvgIpc) is 4.31. The topological polar surface area (TPSA) is 90.6 Å². The Kier molecular flexibility index (Phi) is 7.09. The first-order valence-electron chi connectivity index (χ1n) is 23.7. The van der Waals surface area contributed by atoms with Gasteiger partial charge in [-0.1, -0.05) is 60.7 Å². The fourth-order valence-corrected chi connectivity index (χ4v) is 15.3. The van der Waals surface area contributed by atoms with Gasteiger partial charge in [-0.15, -0.1) is 34.0 Å². The van der Waals surface area contributed by atoms with Crippen molar-refractivity contribution in [2.24, 2.45) is 0 Å². The molecule has 12 heteroatoms. The van der Waals surface area contributed by atoms with Crippen LogP contribution in [0, 0.1) is 0 Å². The zero-order valence-electron chi connectivity index (χ0n) is 37.5. The smallest absolute Gasteiger partial charge is 0.147 e. The Hall–Kier alpha value is -8.94. The zero-order chi connectivity index (χ0) is 46.5. The second kappa shape index (κ2) is 13.5. The van der Waals surface area contributed by atoms with Crippen molar-refractivity contribution in [3.05, 3.63) is 177 Å². The highest BCUT2D eigenvalue weighted by Crippen LogP contribution is 2.44. The number of thiophene rings is 3. The van der Waals surface area contributed by atoms with E-state index < -0.39 is 0 Å². The second-order valence-electron chi connectivity index (χ2n) is 18.7. The average molecular weight is 972 g/mol. The normalized spacial score (nSPS) is 12.7. The van der Waals surface area contributed by atoms with Crippen molar-refractivity contribution in [2.45, 2.75) is 0 Å². The van der Waals surface area contributed by atoms with E-state index in [1.165, 1.54) is 60.5 Å². The third-order valence-corrected chi connectivity index (χ3v) is 18.4. The molecular formula is C60H29N9S3. The van der Waals surface area contributed by atoms with Crippen molar-refractivity contribution in [3.8, 4) is 22.8 Å². The van der Waals surface area contributed by atoms with E-state index >= 15 is 0 Å². The predicted octanol–water partition coefficient (Wildman–Crippen LogP) is 16.2. The molecular weight excluding hydrogens is 943 g/mol. The molecule has 0 aliphatic carbocycles. The monoisotopic (exact) mass is 971 g/mol. The first-order chi connectivity index (χ1) is 35.7. The Morgan fingerprint density at radius 1 is 0.361 bits per heavy atom. The van der Waals surface area contributed by atoms with Crippen LogP contribution in [0.4, 0.5) is 0 Å². The van der Waals surface area contributed by atoms with E-state index in [9.17, 15) is 0 Å². The van der Waals surface area contributed by atoms with Crippen LogP contribution in [0.15, 0.2) is 177 Å². The molecule has 18 aromatic rings. The molecule has 0 saturated carbocycles. The summed E-state index contributed by atoms with van der Waals surface area (Å²) in [5.74, 6) is 0. The summed E-state index contributed by atoms with van der Waals surface area (Å²) in [5, 5.41) is 13.6. The lowest BCUT2D eigenvalue weighted by atomic mass is 10.1. The molecule has 0 amide bonds. The summed E-state index contributed by atoms with van der Waals surface area (Å²) in [5.41, 5.74) is 11.8. The maximum absolute atomic E-state index is 5.58. The molecule has 0 aliphatic heterocycles. The molecule has 0 bridgehead atoms. The van der Waals surface area contributed by atoms with E-state index in [4.69, 9.17) is 29.9 Å². The first-order valence-corrected chi connectivity index (χ1v) is 26.2. The van der Waals surface area contributed by atoms with E-state index in [0.29, 0.717) is 0 Å². The van der Waals surface area contributed by atoms with Crippen molar-refractivity contribution < 1.29 is 0 Å². The van der Waals surface area contributed by atoms with Gasteiger partial charge in [0.2, 0.25) is 0 Å². The molecule has 12 heterocycles. The van der Waals surface area contributed by atoms with Crippen molar-refractivity contribution in [1.82, 2.24) is 43.1 Å². The molecule has 0 radical (unpaired) electrons. The lowest BCUT2D eigenvalue weighted by Gasteiger charge is -2.13. The Morgan fingerprint density at radius 3 is 1.83 bits per heavy atom. The van der Waals surface area contributed by atoms with Gasteiger partial charge in [0.15, 0.2) is 0 Å². The van der Waals surface area contributed by atoms with Crippen LogP contribution >= 0.6 is 34.0 Å². The number of benzene rings is 6. The maximum atomic E-state index is 5.58. The quantitative estimate of drug-likeness (QED) is 0.160. The highest BCUT2D eigenvalue weighted by Gasteiger charge is 2.23. The van der Waals surface area contributed by atoms with Crippen LogP contribution in [0.5, 0.6) is 0 Å². The molecule has 9 nitrogen and oxygen atoms in total. The zero-order valence-corrected chi connectivity index (χ0v) is 39.9. The van der Waals surface area contributed by atoms with Crippen LogP contribution < -0.4 is 0 Å². The third kappa shape index (κ3) is 4.85. The predicted molar refractivity (Wildman–Crippen MR) is 301 cm³/mol. The molecule has 0 spiro atoms. The molecule has 0 unspecified atom stereocenters. The minimum absolute atomic E-state index is 0.786. The summed E-state index contributed by atoms with van der Waals surface area (Å²) in [6.45, 7) is 0. The minimum Gasteiger partial charge on any atom is -0.298 e. The SMILES string of the molecule is c1ccc2c(c1)sc1cc3c(cc12)c1ncccc1c1nc(-c2ccc4c(n2)c2cc5sc6ccccc6c5cc2n2c(-c5ccc6c(n5)c5ccc7c8ccccc8sc7c5n5ccnc65)cnc42)cn31. The van der Waals surface area contributed by atoms with Gasteiger partial charge in [0.1, 0.15) is 22.6 Å². The fraction of sp³-hybridized carbons (Fsp3) is 0. The van der Waals surface area contributed by atoms with Crippen LogP contribution in [0.25, 0.3) is 166 Å². The molecule has 18 rings (SSSR count). The minimum atomic E-state index is 0.786. The van der Waals surface area contributed by atoms with Gasteiger partial charge in [-0.25, -0.2) is 24.9 Å². The summed E-state index contributed by atoms with van der Waals surface area (Å²) in [4.78, 5) is 31.6. The Labute approximate surface area is 416 Å². The van der Waals surface area contributed by atoms with E-state index in [1.807, 2.05) is 58.7 Å². The van der Waals surface area contributed by atoms with E-state index in [1.54, 1.807) is 0 Å². The molecule has 0 aliphatic rings. The van der Waals surface area contributed by atoms with Crippen LogP contribution in [0.2, 0.25) is 0 Å². The van der Waals surface area contributed by atoms with E-state index in [2.05, 4.69) is 165 Å². The molecule has 72 heavy (non-hydrogen) atoms. The number of nitrogens with zero attached hydrogens (tertiary/aromatic N) is 9. The van der Waals surface area contributed by atoms with Gasteiger partial charge in [0.25, 0.3) is 0 Å². The Balaban J connectivity index is 0.891. The standard InChI is InChI=1S/C60H29N9S3/c1-6-14-50-30(8-1)33-15-16-34-54-36(58-62-22-23-67(58)56(34)57(33)72-50)18-20-43(65-54)47-28-63-59-37-17-19-42(64-55(37)41-26-51-39(25-46(41)69(47)59)32-10-3-5-13-49(32)70-51)44-29-68-45-27-52-38(31-9-2-4-12-48(31)71-52)24-40(45)53-35(60(68)66-44)11-7-21-61-53/h1-29H. The van der Waals surface area contributed by atoms with Crippen LogP contribution in [0.3, 0.4) is 0 Å². The fourth-order valence-electron chi connectivity index (χ4n) is 11.8. The number of hydrogen-bond donors (Lipinski definition) is 0. The summed E-state index contributed by atoms with van der Waals surface area (Å²) < 4.78 is 14.2. The Morgan fingerprint density at radius 2 is 1.00 bits per heavy atom. The molecule has 6 aromatic carbocycles. The van der Waals surface area contributed by atoms with Crippen LogP contribution in [-0.4, -0.2) is 43.1 Å². The van der Waals surface area contributed by atoms with Crippen molar-refractivity contribution >= 4 is 177 Å². The highest BCUT2D eigenvalue weighted by molar-refractivity contribution is 7.27. The number of imidazole rings is 3. The highest BCUT2D eigenvalue weighted by atomic mass is 32.1. The summed E-state index contributed by atoms with van der Waals surface area (Å²) >= 11 is 5.46. The largest absolute Gasteiger partial charge is 0.298 e. The number of pyridine rings is 6. The lowest BCUT2D eigenvalue weighted by Crippen LogP contribution is -1.98. The van der Waals surface area contributed by atoms with Crippen LogP contribution in [0.1, 0.15) is 0 Å². The molecule has 332 valence electrons. The lowest BCUT2D eigenvalue weighted by molar-refractivity contribution is 1.24. The number of rotatable bonds is 2. The van der Waals surface area contributed by atoms with Gasteiger partial charge in [-0.3, -0.25) is 18.2 Å². The van der Waals surface area contributed by atoms with E-state index in [-0.39, 0.29) is 0 Å². The number of aromatic nitrogens is 9. The molecule has 0 fully saturated rings. The summed E-state index contributed by atoms with van der Waals surface area (Å²) in [6, 6.07) is 52.5. The molecule has 0 N–H and O–H groups in total. The van der Waals surface area contributed by atoms with Gasteiger partial charge < -0.3 is 0 Å². The van der Waals surface area contributed by atoms with Gasteiger partial charge >= 0.3 is 0 Å². The number of hydrogen-bond acceptors (Lipinski definition) is 9. The summed E-state index contributed by atoms with van der Waals surface area (Å²) in [7, 11) is 0. The maximum Gasteiger partial charge on any atom is 0.147 e. The number of fused-ring (bicyclic) bond motifs is 28. The van der Waals surface area contributed by atoms with Crippen molar-refractivity contribution in [2.75, 3.05) is 0 Å². The first kappa shape index (κ1) is 37.9. The molecule has 0 atom stereocenters. The second-order valence-corrected chi connectivity index (χ2v) is 21.9. The summed E-state index contributed by atoms with van der Waals surface area (Å²) in [6.07, 6.45) is 9.97. The molecule has 0 saturated heterocycles. The Bertz CT molecular complexity index is 5500.